The van der Waals surface area contributed by atoms with Gasteiger partial charge in [-0.2, -0.15) is 0 Å². The smallest absolute Gasteiger partial charge is 0.305 e. The van der Waals surface area contributed by atoms with Crippen molar-refractivity contribution in [2.45, 2.75) is 463 Å². The number of carbonyl (C=O) groups is 2. The third-order valence-electron chi connectivity index (χ3n) is 18.6. The summed E-state index contributed by atoms with van der Waals surface area (Å²) >= 11 is 0. The van der Waals surface area contributed by atoms with E-state index in [2.05, 4.69) is 31.3 Å². The van der Waals surface area contributed by atoms with Gasteiger partial charge in [-0.3, -0.25) is 9.59 Å². The number of rotatable bonds is 74. The van der Waals surface area contributed by atoms with Crippen LogP contribution in [0.1, 0.15) is 450 Å². The lowest BCUT2D eigenvalue weighted by atomic mass is 10.0. The fourth-order valence-corrected chi connectivity index (χ4v) is 12.6. The average Bonchev–Trinajstić information content (AvgIpc) is 3.51. The molecule has 0 heterocycles. The number of aliphatic hydroxyl groups excluding tert-OH is 2. The number of unbranched alkanes of at least 4 members (excludes halogenated alkanes) is 61. The van der Waals surface area contributed by atoms with E-state index < -0.39 is 12.1 Å². The molecule has 2 unspecified atom stereocenters. The summed E-state index contributed by atoms with van der Waals surface area (Å²) < 4.78 is 5.51. The van der Waals surface area contributed by atoms with Gasteiger partial charge in [0.05, 0.1) is 25.4 Å². The minimum Gasteiger partial charge on any atom is -0.466 e. The summed E-state index contributed by atoms with van der Waals surface area (Å²) in [7, 11) is 0. The summed E-state index contributed by atoms with van der Waals surface area (Å²) in [5, 5.41) is 23.5. The number of nitrogens with one attached hydrogen (secondary N) is 1. The van der Waals surface area contributed by atoms with Crippen LogP contribution in [0, 0.1) is 0 Å². The number of allylic oxidation sites excluding steroid dienone is 2. The SMILES string of the molecule is CCCCCCCCC/C=C\CCCCCCCCCC(=O)OCCCCCCCCCCCCCCCCCCCCCCCCCCCCCC(=O)NC(CO)C(O)CCCCCCCCCCCCCCCCCCCCCCCC. The number of hydrogen-bond acceptors (Lipinski definition) is 5. The molecular weight excluding hydrogens is 1030 g/mol. The molecule has 0 aliphatic heterocycles. The molecule has 2 atom stereocenters. The second-order valence-electron chi connectivity index (χ2n) is 27.0. The van der Waals surface area contributed by atoms with E-state index in [1.54, 1.807) is 0 Å². The Labute approximate surface area is 527 Å². The van der Waals surface area contributed by atoms with Crippen LogP contribution in [0.4, 0.5) is 0 Å². The van der Waals surface area contributed by atoms with Crippen LogP contribution in [0.25, 0.3) is 0 Å². The molecule has 0 saturated carbocycles. The van der Waals surface area contributed by atoms with E-state index in [1.165, 1.54) is 372 Å². The van der Waals surface area contributed by atoms with Crippen LogP contribution >= 0.6 is 0 Å². The maximum atomic E-state index is 12.6. The normalized spacial score (nSPS) is 12.5. The summed E-state index contributed by atoms with van der Waals surface area (Å²) in [6, 6.07) is -0.540. The van der Waals surface area contributed by atoms with E-state index in [0.717, 1.165) is 44.9 Å². The van der Waals surface area contributed by atoms with Crippen LogP contribution in [0.3, 0.4) is 0 Å². The fraction of sp³-hybridized carbons (Fsp3) is 0.949. The van der Waals surface area contributed by atoms with Gasteiger partial charge in [0.2, 0.25) is 5.91 Å². The largest absolute Gasteiger partial charge is 0.466 e. The molecule has 6 nitrogen and oxygen atoms in total. The third-order valence-corrected chi connectivity index (χ3v) is 18.6. The molecule has 500 valence electrons. The number of hydrogen-bond donors (Lipinski definition) is 3. The zero-order valence-electron chi connectivity index (χ0n) is 57.4. The summed E-state index contributed by atoms with van der Waals surface area (Å²) in [5.74, 6) is -0.00991. The van der Waals surface area contributed by atoms with E-state index in [0.29, 0.717) is 25.9 Å². The Morgan fingerprint density at radius 3 is 0.845 bits per heavy atom. The number of carbonyl (C=O) groups excluding carboxylic acids is 2. The Morgan fingerprint density at radius 1 is 0.321 bits per heavy atom. The zero-order chi connectivity index (χ0) is 60.6. The van der Waals surface area contributed by atoms with Gasteiger partial charge in [0.15, 0.2) is 0 Å². The molecule has 0 aliphatic carbocycles. The first kappa shape index (κ1) is 82.6. The first-order valence-electron chi connectivity index (χ1n) is 38.9. The Morgan fingerprint density at radius 2 is 0.560 bits per heavy atom. The van der Waals surface area contributed by atoms with E-state index >= 15 is 0 Å². The van der Waals surface area contributed by atoms with Gasteiger partial charge in [-0.1, -0.05) is 398 Å². The maximum Gasteiger partial charge on any atom is 0.305 e. The second-order valence-corrected chi connectivity index (χ2v) is 27.0. The lowest BCUT2D eigenvalue weighted by Gasteiger charge is -2.22. The van der Waals surface area contributed by atoms with Crippen molar-refractivity contribution in [2.75, 3.05) is 13.2 Å². The van der Waals surface area contributed by atoms with Gasteiger partial charge in [0.25, 0.3) is 0 Å². The van der Waals surface area contributed by atoms with Gasteiger partial charge in [-0.25, -0.2) is 0 Å². The van der Waals surface area contributed by atoms with Gasteiger partial charge in [-0.15, -0.1) is 0 Å². The maximum absolute atomic E-state index is 12.6. The molecule has 0 bridgehead atoms. The Balaban J connectivity index is 3.34. The molecule has 0 radical (unpaired) electrons. The quantitative estimate of drug-likeness (QED) is 0.0320. The Hall–Kier alpha value is -1.40. The standard InChI is InChI=1S/C78H153NO5/c1-3-5-7-9-11-13-15-17-19-21-23-24-32-35-38-42-46-50-54-58-62-66-70-76(81)75(74-80)79-77(82)71-67-63-59-55-51-47-43-39-36-33-30-28-26-25-27-29-31-34-37-41-45-49-53-57-61-65-69-73-84-78(83)72-68-64-60-56-52-48-44-40-22-20-18-16-14-12-10-8-6-4-2/h20,22,75-76,80-81H,3-19,21,23-74H2,1-2H3,(H,79,82)/b22-20-. The van der Waals surface area contributed by atoms with Crippen LogP contribution in [-0.4, -0.2) is 47.4 Å². The highest BCUT2D eigenvalue weighted by atomic mass is 16.5. The molecule has 0 rings (SSSR count). The lowest BCUT2D eigenvalue weighted by Crippen LogP contribution is -2.45. The van der Waals surface area contributed by atoms with Crippen molar-refractivity contribution in [3.63, 3.8) is 0 Å². The van der Waals surface area contributed by atoms with E-state index in [-0.39, 0.29) is 18.5 Å². The van der Waals surface area contributed by atoms with Crippen molar-refractivity contribution < 1.29 is 24.5 Å². The fourth-order valence-electron chi connectivity index (χ4n) is 12.6. The predicted molar refractivity (Wildman–Crippen MR) is 370 cm³/mol. The highest BCUT2D eigenvalue weighted by Crippen LogP contribution is 2.20. The van der Waals surface area contributed by atoms with E-state index in [9.17, 15) is 19.8 Å². The third kappa shape index (κ3) is 69.7. The van der Waals surface area contributed by atoms with Crippen LogP contribution in [-0.2, 0) is 14.3 Å². The molecule has 3 N–H and O–H groups in total. The summed E-state index contributed by atoms with van der Waals surface area (Å²) in [6.45, 7) is 5.01. The molecule has 0 aliphatic rings. The monoisotopic (exact) mass is 1180 g/mol. The topological polar surface area (TPSA) is 95.9 Å². The second kappa shape index (κ2) is 74.1. The molecule has 6 heteroatoms. The van der Waals surface area contributed by atoms with Crippen LogP contribution in [0.15, 0.2) is 12.2 Å². The van der Waals surface area contributed by atoms with Gasteiger partial charge in [0.1, 0.15) is 0 Å². The number of aliphatic hydroxyl groups is 2. The zero-order valence-corrected chi connectivity index (χ0v) is 57.4. The summed E-state index contributed by atoms with van der Waals surface area (Å²) in [5.41, 5.74) is 0. The summed E-state index contributed by atoms with van der Waals surface area (Å²) in [6.07, 6.45) is 92.9. The van der Waals surface area contributed by atoms with Crippen molar-refractivity contribution in [1.29, 1.82) is 0 Å². The molecule has 1 amide bonds. The van der Waals surface area contributed by atoms with E-state index in [4.69, 9.17) is 4.74 Å². The molecule has 0 spiro atoms. The Bertz CT molecular complexity index is 1270. The average molecular weight is 1190 g/mol. The van der Waals surface area contributed by atoms with Crippen molar-refractivity contribution in [3.8, 4) is 0 Å². The first-order valence-corrected chi connectivity index (χ1v) is 38.9. The Kier molecular flexibility index (Phi) is 72.8. The van der Waals surface area contributed by atoms with Gasteiger partial charge < -0.3 is 20.3 Å². The molecule has 0 fully saturated rings. The first-order chi connectivity index (χ1) is 41.5. The van der Waals surface area contributed by atoms with Gasteiger partial charge in [0, 0.05) is 12.8 Å². The molecule has 0 aromatic carbocycles. The minimum absolute atomic E-state index is 0.0166. The summed E-state index contributed by atoms with van der Waals surface area (Å²) in [4.78, 5) is 24.7. The number of esters is 1. The van der Waals surface area contributed by atoms with Gasteiger partial charge >= 0.3 is 5.97 Å². The highest BCUT2D eigenvalue weighted by Gasteiger charge is 2.20. The van der Waals surface area contributed by atoms with E-state index in [1.807, 2.05) is 0 Å². The van der Waals surface area contributed by atoms with Crippen molar-refractivity contribution in [3.05, 3.63) is 12.2 Å². The lowest BCUT2D eigenvalue weighted by molar-refractivity contribution is -0.143. The molecule has 0 aromatic rings. The van der Waals surface area contributed by atoms with Crippen molar-refractivity contribution >= 4 is 11.9 Å². The highest BCUT2D eigenvalue weighted by molar-refractivity contribution is 5.76. The van der Waals surface area contributed by atoms with Crippen LogP contribution in [0.5, 0.6) is 0 Å². The van der Waals surface area contributed by atoms with Crippen molar-refractivity contribution in [2.24, 2.45) is 0 Å². The minimum atomic E-state index is -0.663. The predicted octanol–water partition coefficient (Wildman–Crippen LogP) is 25.5. The molecule has 0 saturated heterocycles. The number of ether oxygens (including phenoxy) is 1. The van der Waals surface area contributed by atoms with Crippen LogP contribution < -0.4 is 5.32 Å². The van der Waals surface area contributed by atoms with Crippen LogP contribution in [0.2, 0.25) is 0 Å². The number of amides is 1. The molecule has 84 heavy (non-hydrogen) atoms. The van der Waals surface area contributed by atoms with Crippen molar-refractivity contribution in [1.82, 2.24) is 5.32 Å². The van der Waals surface area contributed by atoms with Gasteiger partial charge in [-0.05, 0) is 51.4 Å². The molecule has 0 aromatic heterocycles. The molecular formula is C78H153NO5.